The van der Waals surface area contributed by atoms with Crippen molar-refractivity contribution in [2.75, 3.05) is 45.0 Å². The Balaban J connectivity index is 1.38. The van der Waals surface area contributed by atoms with Crippen LogP contribution in [-0.2, 0) is 21.2 Å². The van der Waals surface area contributed by atoms with Crippen molar-refractivity contribution in [3.8, 4) is 0 Å². The number of nitrogens with one attached hydrogen (secondary N) is 1. The summed E-state index contributed by atoms with van der Waals surface area (Å²) in [6.45, 7) is 4.92. The maximum absolute atomic E-state index is 12.8. The molecule has 2 fully saturated rings. The van der Waals surface area contributed by atoms with Gasteiger partial charge in [0.1, 0.15) is 0 Å². The van der Waals surface area contributed by atoms with Gasteiger partial charge in [0.05, 0.1) is 11.7 Å². The minimum absolute atomic E-state index is 0.0119. The fourth-order valence-electron chi connectivity index (χ4n) is 4.48. The highest BCUT2D eigenvalue weighted by atomic mass is 32.2. The summed E-state index contributed by atoms with van der Waals surface area (Å²) >= 11 is 0. The number of carbonyl (C=O) groups excluding carboxylic acids is 1. The molecule has 0 radical (unpaired) electrons. The van der Waals surface area contributed by atoms with Crippen molar-refractivity contribution in [3.63, 3.8) is 0 Å². The molecular formula is C23H37N3O3S. The second-order valence-electron chi connectivity index (χ2n) is 8.65. The van der Waals surface area contributed by atoms with Gasteiger partial charge in [-0.3, -0.25) is 4.79 Å². The second kappa shape index (κ2) is 11.8. The third-order valence-electron chi connectivity index (χ3n) is 6.26. The molecule has 0 aromatic heterocycles. The average Bonchev–Trinajstić information content (AvgIpc) is 2.78. The van der Waals surface area contributed by atoms with Crippen LogP contribution in [0.25, 0.3) is 0 Å². The molecule has 30 heavy (non-hydrogen) atoms. The SMILES string of the molecule is O=C(NCCCN1CCCCC1)[C@H]1CCCN(S(=O)(=O)CCCc2ccccc2)C1. The van der Waals surface area contributed by atoms with Crippen LogP contribution in [0, 0.1) is 5.92 Å². The Bertz CT molecular complexity index is 748. The lowest BCUT2D eigenvalue weighted by molar-refractivity contribution is -0.126. The summed E-state index contributed by atoms with van der Waals surface area (Å²) in [5.74, 6) is -0.0676. The third kappa shape index (κ3) is 7.36. The summed E-state index contributed by atoms with van der Waals surface area (Å²) in [7, 11) is -3.31. The molecule has 3 rings (SSSR count). The van der Waals surface area contributed by atoms with Gasteiger partial charge in [-0.2, -0.15) is 0 Å². The summed E-state index contributed by atoms with van der Waals surface area (Å²) in [5.41, 5.74) is 1.16. The third-order valence-corrected chi connectivity index (χ3v) is 8.18. The van der Waals surface area contributed by atoms with Crippen molar-refractivity contribution in [1.29, 1.82) is 0 Å². The number of aryl methyl sites for hydroxylation is 1. The van der Waals surface area contributed by atoms with E-state index in [2.05, 4.69) is 10.2 Å². The van der Waals surface area contributed by atoms with E-state index in [1.165, 1.54) is 32.4 Å². The molecule has 2 aliphatic heterocycles. The van der Waals surface area contributed by atoms with Crippen molar-refractivity contribution in [3.05, 3.63) is 35.9 Å². The van der Waals surface area contributed by atoms with Gasteiger partial charge in [0.2, 0.25) is 15.9 Å². The van der Waals surface area contributed by atoms with Crippen LogP contribution in [0.15, 0.2) is 30.3 Å². The standard InChI is InChI=1S/C23H37N3O3S/c27-23(24-14-9-17-25-15-5-2-6-16-25)22-13-7-18-26(20-22)30(28,29)19-8-12-21-10-3-1-4-11-21/h1,3-4,10-11,22H,2,5-9,12-20H2,(H,24,27)/t22-/m0/s1. The summed E-state index contributed by atoms with van der Waals surface area (Å²) in [6, 6.07) is 9.97. The topological polar surface area (TPSA) is 69.7 Å². The highest BCUT2D eigenvalue weighted by Gasteiger charge is 2.31. The number of hydrogen-bond donors (Lipinski definition) is 1. The lowest BCUT2D eigenvalue weighted by Gasteiger charge is -2.31. The van der Waals surface area contributed by atoms with Gasteiger partial charge < -0.3 is 10.2 Å². The van der Waals surface area contributed by atoms with Gasteiger partial charge in [-0.25, -0.2) is 12.7 Å². The van der Waals surface area contributed by atoms with Crippen LogP contribution in [-0.4, -0.2) is 68.6 Å². The van der Waals surface area contributed by atoms with Crippen LogP contribution >= 0.6 is 0 Å². The maximum atomic E-state index is 12.8. The molecule has 168 valence electrons. The zero-order valence-electron chi connectivity index (χ0n) is 18.1. The molecule has 0 saturated carbocycles. The van der Waals surface area contributed by atoms with E-state index in [9.17, 15) is 13.2 Å². The maximum Gasteiger partial charge on any atom is 0.224 e. The molecule has 7 heteroatoms. The van der Waals surface area contributed by atoms with Gasteiger partial charge in [0, 0.05) is 19.6 Å². The van der Waals surface area contributed by atoms with Gasteiger partial charge >= 0.3 is 0 Å². The Kier molecular flexibility index (Phi) is 9.15. The van der Waals surface area contributed by atoms with Crippen LogP contribution < -0.4 is 5.32 Å². The molecule has 0 unspecified atom stereocenters. The van der Waals surface area contributed by atoms with Crippen LogP contribution in [0.3, 0.4) is 0 Å². The molecule has 1 atom stereocenters. The molecule has 6 nitrogen and oxygen atoms in total. The summed E-state index contributed by atoms with van der Waals surface area (Å²) < 4.78 is 27.1. The molecular weight excluding hydrogens is 398 g/mol. The number of rotatable bonds is 10. The number of piperidine rings is 2. The van der Waals surface area contributed by atoms with E-state index in [0.717, 1.165) is 37.8 Å². The van der Waals surface area contributed by atoms with Crippen LogP contribution in [0.5, 0.6) is 0 Å². The summed E-state index contributed by atoms with van der Waals surface area (Å²) in [6.07, 6.45) is 7.75. The highest BCUT2D eigenvalue weighted by Crippen LogP contribution is 2.20. The molecule has 1 aromatic rings. The number of hydrogen-bond acceptors (Lipinski definition) is 4. The number of amides is 1. The average molecular weight is 436 g/mol. The number of benzene rings is 1. The lowest BCUT2D eigenvalue weighted by Crippen LogP contribution is -2.46. The minimum atomic E-state index is -3.31. The van der Waals surface area contributed by atoms with Gasteiger partial charge in [-0.1, -0.05) is 36.8 Å². The van der Waals surface area contributed by atoms with Gasteiger partial charge in [-0.05, 0) is 70.1 Å². The predicted molar refractivity (Wildman–Crippen MR) is 121 cm³/mol. The Labute approximate surface area is 182 Å². The van der Waals surface area contributed by atoms with E-state index in [4.69, 9.17) is 0 Å². The van der Waals surface area contributed by atoms with E-state index in [-0.39, 0.29) is 17.6 Å². The molecule has 1 aromatic carbocycles. The molecule has 0 spiro atoms. The number of carbonyl (C=O) groups is 1. The largest absolute Gasteiger partial charge is 0.356 e. The quantitative estimate of drug-likeness (QED) is 0.574. The molecule has 0 aliphatic carbocycles. The first-order chi connectivity index (χ1) is 14.5. The number of sulfonamides is 1. The van der Waals surface area contributed by atoms with Crippen molar-refractivity contribution < 1.29 is 13.2 Å². The first-order valence-electron chi connectivity index (χ1n) is 11.6. The van der Waals surface area contributed by atoms with Crippen LogP contribution in [0.2, 0.25) is 0 Å². The Morgan fingerprint density at radius 1 is 1.00 bits per heavy atom. The smallest absolute Gasteiger partial charge is 0.224 e. The molecule has 2 saturated heterocycles. The summed E-state index contributed by atoms with van der Waals surface area (Å²) in [5, 5.41) is 3.04. The Morgan fingerprint density at radius 2 is 1.77 bits per heavy atom. The Morgan fingerprint density at radius 3 is 2.53 bits per heavy atom. The molecule has 1 N–H and O–H groups in total. The van der Waals surface area contributed by atoms with Gasteiger partial charge in [-0.15, -0.1) is 0 Å². The van der Waals surface area contributed by atoms with Crippen molar-refractivity contribution in [1.82, 2.24) is 14.5 Å². The highest BCUT2D eigenvalue weighted by molar-refractivity contribution is 7.89. The van der Waals surface area contributed by atoms with Crippen LogP contribution in [0.1, 0.15) is 50.5 Å². The molecule has 0 bridgehead atoms. The van der Waals surface area contributed by atoms with E-state index in [1.807, 2.05) is 30.3 Å². The van der Waals surface area contributed by atoms with E-state index in [0.29, 0.717) is 26.1 Å². The normalized spacial score (nSPS) is 21.4. The minimum Gasteiger partial charge on any atom is -0.356 e. The van der Waals surface area contributed by atoms with E-state index >= 15 is 0 Å². The Hall–Kier alpha value is -1.44. The molecule has 1 amide bonds. The van der Waals surface area contributed by atoms with Crippen molar-refractivity contribution >= 4 is 15.9 Å². The van der Waals surface area contributed by atoms with E-state index in [1.54, 1.807) is 4.31 Å². The fraction of sp³-hybridized carbons (Fsp3) is 0.696. The molecule has 2 aliphatic rings. The molecule has 2 heterocycles. The zero-order valence-corrected chi connectivity index (χ0v) is 18.9. The zero-order chi connectivity index (χ0) is 21.2. The number of likely N-dealkylation sites (tertiary alicyclic amines) is 1. The fourth-order valence-corrected chi connectivity index (χ4v) is 6.06. The lowest BCUT2D eigenvalue weighted by atomic mass is 9.99. The number of nitrogens with zero attached hydrogens (tertiary/aromatic N) is 2. The van der Waals surface area contributed by atoms with Crippen LogP contribution in [0.4, 0.5) is 0 Å². The van der Waals surface area contributed by atoms with Gasteiger partial charge in [0.15, 0.2) is 0 Å². The van der Waals surface area contributed by atoms with Crippen molar-refractivity contribution in [2.45, 2.75) is 51.4 Å². The summed E-state index contributed by atoms with van der Waals surface area (Å²) in [4.78, 5) is 15.0. The van der Waals surface area contributed by atoms with Crippen molar-refractivity contribution in [2.24, 2.45) is 5.92 Å². The van der Waals surface area contributed by atoms with Gasteiger partial charge in [0.25, 0.3) is 0 Å². The van der Waals surface area contributed by atoms with E-state index < -0.39 is 10.0 Å². The second-order valence-corrected chi connectivity index (χ2v) is 10.7. The predicted octanol–water partition coefficient (Wildman–Crippen LogP) is 2.65. The first kappa shape index (κ1) is 23.2. The first-order valence-corrected chi connectivity index (χ1v) is 13.2. The monoisotopic (exact) mass is 435 g/mol.